The Labute approximate surface area is 109 Å². The van der Waals surface area contributed by atoms with Gasteiger partial charge in [0, 0.05) is 26.3 Å². The number of piperidine rings is 1. The van der Waals surface area contributed by atoms with Gasteiger partial charge in [-0.1, -0.05) is 0 Å². The number of nitrogens with zero attached hydrogens (tertiary/aromatic N) is 1. The summed E-state index contributed by atoms with van der Waals surface area (Å²) < 4.78 is 19.1. The van der Waals surface area contributed by atoms with Crippen LogP contribution in [0.1, 0.15) is 12.8 Å². The van der Waals surface area contributed by atoms with E-state index in [-0.39, 0.29) is 5.82 Å². The van der Waals surface area contributed by atoms with Gasteiger partial charge in [0.1, 0.15) is 5.82 Å². The molecule has 1 aromatic rings. The summed E-state index contributed by atoms with van der Waals surface area (Å²) >= 11 is 3.19. The number of methoxy groups -OCH3 is 1. The molecule has 0 radical (unpaired) electrons. The Balaban J connectivity index is 2.16. The Morgan fingerprint density at radius 2 is 2.06 bits per heavy atom. The maximum absolute atomic E-state index is 13.3. The van der Waals surface area contributed by atoms with Crippen LogP contribution in [0.25, 0.3) is 0 Å². The van der Waals surface area contributed by atoms with Crippen LogP contribution in [0.5, 0.6) is 0 Å². The second-order valence-electron chi connectivity index (χ2n) is 4.25. The number of halogens is 2. The van der Waals surface area contributed by atoms with Crippen molar-refractivity contribution in [3.8, 4) is 0 Å². The van der Waals surface area contributed by atoms with Gasteiger partial charge in [-0.2, -0.15) is 0 Å². The number of anilines is 2. The average Bonchev–Trinajstić information content (AvgIpc) is 2.34. The van der Waals surface area contributed by atoms with Gasteiger partial charge in [-0.15, -0.1) is 0 Å². The first-order valence-corrected chi connectivity index (χ1v) is 6.43. The van der Waals surface area contributed by atoms with Gasteiger partial charge < -0.3 is 15.4 Å². The van der Waals surface area contributed by atoms with Crippen molar-refractivity contribution in [1.82, 2.24) is 0 Å². The summed E-state index contributed by atoms with van der Waals surface area (Å²) in [6.45, 7) is 1.78. The number of hydrogen-bond donors (Lipinski definition) is 1. The van der Waals surface area contributed by atoms with Crippen LogP contribution in [0.3, 0.4) is 0 Å². The molecule has 17 heavy (non-hydrogen) atoms. The maximum atomic E-state index is 13.3. The fourth-order valence-corrected chi connectivity index (χ4v) is 2.49. The molecule has 0 unspecified atom stereocenters. The van der Waals surface area contributed by atoms with E-state index in [1.807, 2.05) is 0 Å². The Kier molecular flexibility index (Phi) is 3.89. The zero-order valence-corrected chi connectivity index (χ0v) is 11.3. The van der Waals surface area contributed by atoms with E-state index in [1.54, 1.807) is 13.2 Å². The molecule has 3 nitrogen and oxygen atoms in total. The van der Waals surface area contributed by atoms with Gasteiger partial charge in [-0.05, 0) is 34.8 Å². The number of nitrogens with two attached hydrogens (primary N) is 1. The van der Waals surface area contributed by atoms with Gasteiger partial charge >= 0.3 is 0 Å². The highest BCUT2D eigenvalue weighted by Gasteiger charge is 2.21. The van der Waals surface area contributed by atoms with Crippen molar-refractivity contribution in [1.29, 1.82) is 0 Å². The smallest absolute Gasteiger partial charge is 0.139 e. The molecule has 1 aliphatic rings. The third kappa shape index (κ3) is 2.72. The normalized spacial score (nSPS) is 17.5. The van der Waals surface area contributed by atoms with Crippen LogP contribution >= 0.6 is 15.9 Å². The predicted octanol–water partition coefficient (Wildman–Crippen LogP) is 2.79. The number of hydrogen-bond acceptors (Lipinski definition) is 3. The molecule has 1 aromatic carbocycles. The number of ether oxygens (including phenoxy) is 1. The molecule has 0 atom stereocenters. The monoisotopic (exact) mass is 302 g/mol. The van der Waals surface area contributed by atoms with E-state index in [4.69, 9.17) is 10.5 Å². The fraction of sp³-hybridized carbons (Fsp3) is 0.500. The first kappa shape index (κ1) is 12.6. The van der Waals surface area contributed by atoms with Crippen LogP contribution in [-0.2, 0) is 4.74 Å². The Morgan fingerprint density at radius 3 is 2.65 bits per heavy atom. The average molecular weight is 303 g/mol. The molecule has 5 heteroatoms. The molecule has 94 valence electrons. The summed E-state index contributed by atoms with van der Waals surface area (Å²) in [5.41, 5.74) is 7.24. The van der Waals surface area contributed by atoms with Crippen molar-refractivity contribution in [3.63, 3.8) is 0 Å². The second kappa shape index (κ2) is 5.23. The lowest BCUT2D eigenvalue weighted by molar-refractivity contribution is 0.0819. The van der Waals surface area contributed by atoms with Gasteiger partial charge in [-0.25, -0.2) is 4.39 Å². The zero-order chi connectivity index (χ0) is 12.4. The molecule has 1 aliphatic heterocycles. The lowest BCUT2D eigenvalue weighted by Gasteiger charge is -2.33. The van der Waals surface area contributed by atoms with E-state index in [0.717, 1.165) is 31.6 Å². The largest absolute Gasteiger partial charge is 0.397 e. The molecule has 0 amide bonds. The zero-order valence-electron chi connectivity index (χ0n) is 9.75. The van der Waals surface area contributed by atoms with Crippen molar-refractivity contribution in [2.24, 2.45) is 0 Å². The summed E-state index contributed by atoms with van der Waals surface area (Å²) in [6, 6.07) is 3.11. The molecule has 0 aliphatic carbocycles. The fourth-order valence-electron chi connectivity index (χ4n) is 2.16. The maximum Gasteiger partial charge on any atom is 0.139 e. The molecule has 2 N–H and O–H groups in total. The molecule has 1 saturated heterocycles. The van der Waals surface area contributed by atoms with Crippen molar-refractivity contribution >= 4 is 27.3 Å². The lowest BCUT2D eigenvalue weighted by Crippen LogP contribution is -2.37. The lowest BCUT2D eigenvalue weighted by atomic mass is 10.1. The minimum Gasteiger partial charge on any atom is -0.397 e. The molecule has 0 spiro atoms. The van der Waals surface area contributed by atoms with Crippen LogP contribution in [0, 0.1) is 5.82 Å². The Bertz CT molecular complexity index is 406. The summed E-state index contributed by atoms with van der Waals surface area (Å²) in [5, 5.41) is 0. The van der Waals surface area contributed by atoms with Crippen LogP contribution in [0.2, 0.25) is 0 Å². The number of nitrogen functional groups attached to an aromatic ring is 1. The third-order valence-corrected chi connectivity index (χ3v) is 3.79. The van der Waals surface area contributed by atoms with Gasteiger partial charge in [-0.3, -0.25) is 0 Å². The van der Waals surface area contributed by atoms with Gasteiger partial charge in [0.15, 0.2) is 0 Å². The van der Waals surface area contributed by atoms with Crippen LogP contribution < -0.4 is 10.6 Å². The van der Waals surface area contributed by atoms with E-state index in [0.29, 0.717) is 16.3 Å². The van der Waals surface area contributed by atoms with Gasteiger partial charge in [0.25, 0.3) is 0 Å². The Morgan fingerprint density at radius 1 is 1.41 bits per heavy atom. The SMILES string of the molecule is COC1CCN(c2cc(Br)c(F)cc2N)CC1. The molecule has 0 aromatic heterocycles. The van der Waals surface area contributed by atoms with Crippen molar-refractivity contribution < 1.29 is 9.13 Å². The van der Waals surface area contributed by atoms with E-state index in [9.17, 15) is 4.39 Å². The standard InChI is InChI=1S/C12H16BrFN2O/c1-17-8-2-4-16(5-3-8)12-6-9(13)10(14)7-11(12)15/h6-8H,2-5,15H2,1H3. The van der Waals surface area contributed by atoms with Crippen molar-refractivity contribution in [2.75, 3.05) is 30.8 Å². The van der Waals surface area contributed by atoms with Gasteiger partial charge in [0.05, 0.1) is 22.0 Å². The quantitative estimate of drug-likeness (QED) is 0.854. The highest BCUT2D eigenvalue weighted by Crippen LogP contribution is 2.31. The molecule has 0 bridgehead atoms. The Hall–Kier alpha value is -0.810. The highest BCUT2D eigenvalue weighted by molar-refractivity contribution is 9.10. The first-order valence-electron chi connectivity index (χ1n) is 5.64. The second-order valence-corrected chi connectivity index (χ2v) is 5.10. The minimum absolute atomic E-state index is 0.321. The van der Waals surface area contributed by atoms with Crippen molar-refractivity contribution in [2.45, 2.75) is 18.9 Å². The van der Waals surface area contributed by atoms with Crippen molar-refractivity contribution in [3.05, 3.63) is 22.4 Å². The topological polar surface area (TPSA) is 38.5 Å². The molecule has 1 heterocycles. The highest BCUT2D eigenvalue weighted by atomic mass is 79.9. The van der Waals surface area contributed by atoms with E-state index < -0.39 is 0 Å². The molecule has 1 fully saturated rings. The molecule has 0 saturated carbocycles. The van der Waals surface area contributed by atoms with Gasteiger partial charge in [0.2, 0.25) is 0 Å². The molecular formula is C12H16BrFN2O. The third-order valence-electron chi connectivity index (χ3n) is 3.19. The van der Waals surface area contributed by atoms with Crippen LogP contribution in [0.4, 0.5) is 15.8 Å². The molecule has 2 rings (SSSR count). The van der Waals surface area contributed by atoms with E-state index in [1.165, 1.54) is 6.07 Å². The van der Waals surface area contributed by atoms with Crippen LogP contribution in [0.15, 0.2) is 16.6 Å². The van der Waals surface area contributed by atoms with E-state index >= 15 is 0 Å². The summed E-state index contributed by atoms with van der Waals surface area (Å²) in [5.74, 6) is -0.321. The summed E-state index contributed by atoms with van der Waals surface area (Å²) in [7, 11) is 1.74. The number of benzene rings is 1. The summed E-state index contributed by atoms with van der Waals surface area (Å²) in [6.07, 6.45) is 2.28. The first-order chi connectivity index (χ1) is 8.11. The number of rotatable bonds is 2. The van der Waals surface area contributed by atoms with Crippen LogP contribution in [-0.4, -0.2) is 26.3 Å². The molecular weight excluding hydrogens is 287 g/mol. The predicted molar refractivity (Wildman–Crippen MR) is 70.8 cm³/mol. The minimum atomic E-state index is -0.321. The van der Waals surface area contributed by atoms with E-state index in [2.05, 4.69) is 20.8 Å². The summed E-state index contributed by atoms with van der Waals surface area (Å²) in [4.78, 5) is 2.18.